The SMILES string of the molecule is O=C(CN(Cc1ccc(Cl)cc1Cl)S(=O)(=O)c1ccccc1)N/N=C\c1ccccc1O. The van der Waals surface area contributed by atoms with Gasteiger partial charge in [-0.1, -0.05) is 59.6 Å². The van der Waals surface area contributed by atoms with Crippen LogP contribution in [0.2, 0.25) is 10.0 Å². The van der Waals surface area contributed by atoms with E-state index in [1.807, 2.05) is 0 Å². The molecule has 2 N–H and O–H groups in total. The maximum absolute atomic E-state index is 13.2. The highest BCUT2D eigenvalue weighted by Gasteiger charge is 2.27. The maximum atomic E-state index is 13.2. The topological polar surface area (TPSA) is 99.1 Å². The number of phenolic OH excluding ortho intramolecular Hbond substituents is 1. The zero-order valence-corrected chi connectivity index (χ0v) is 19.0. The number of carbonyl (C=O) groups excluding carboxylic acids is 1. The van der Waals surface area contributed by atoms with E-state index >= 15 is 0 Å². The Bertz CT molecular complexity index is 1230. The number of hydrogen-bond acceptors (Lipinski definition) is 5. The third-order valence-corrected chi connectivity index (χ3v) is 6.79. The Morgan fingerprint density at radius 3 is 2.41 bits per heavy atom. The van der Waals surface area contributed by atoms with Crippen molar-refractivity contribution in [1.29, 1.82) is 0 Å². The van der Waals surface area contributed by atoms with Crippen molar-refractivity contribution in [2.45, 2.75) is 11.4 Å². The van der Waals surface area contributed by atoms with Crippen LogP contribution < -0.4 is 5.43 Å². The molecular weight excluding hydrogens is 473 g/mol. The van der Waals surface area contributed by atoms with Crippen LogP contribution in [0.5, 0.6) is 5.75 Å². The van der Waals surface area contributed by atoms with E-state index in [0.717, 1.165) is 4.31 Å². The molecule has 7 nitrogen and oxygen atoms in total. The van der Waals surface area contributed by atoms with Gasteiger partial charge in [0.25, 0.3) is 5.91 Å². The van der Waals surface area contributed by atoms with Gasteiger partial charge < -0.3 is 5.11 Å². The zero-order chi connectivity index (χ0) is 23.1. The smallest absolute Gasteiger partial charge is 0.255 e. The van der Waals surface area contributed by atoms with E-state index in [1.165, 1.54) is 30.5 Å². The van der Waals surface area contributed by atoms with E-state index in [2.05, 4.69) is 10.5 Å². The fourth-order valence-corrected chi connectivity index (χ4v) is 4.64. The summed E-state index contributed by atoms with van der Waals surface area (Å²) >= 11 is 12.1. The molecule has 0 bridgehead atoms. The van der Waals surface area contributed by atoms with Crippen molar-refractivity contribution in [3.63, 3.8) is 0 Å². The van der Waals surface area contributed by atoms with Crippen LogP contribution in [0.4, 0.5) is 0 Å². The lowest BCUT2D eigenvalue weighted by Crippen LogP contribution is -2.39. The number of nitrogens with one attached hydrogen (secondary N) is 1. The van der Waals surface area contributed by atoms with Crippen LogP contribution in [0.15, 0.2) is 82.8 Å². The Hall–Kier alpha value is -2.91. The number of nitrogens with zero attached hydrogens (tertiary/aromatic N) is 2. The summed E-state index contributed by atoms with van der Waals surface area (Å²) in [4.78, 5) is 12.5. The minimum absolute atomic E-state index is 0.00355. The standard InChI is InChI=1S/C22H19Cl2N3O4S/c23-18-11-10-17(20(24)12-18)14-27(32(30,31)19-7-2-1-3-8-19)15-22(29)26-25-13-16-6-4-5-9-21(16)28/h1-13,28H,14-15H2,(H,26,29)/b25-13-. The van der Waals surface area contributed by atoms with Gasteiger partial charge in [0, 0.05) is 22.2 Å². The second kappa shape index (κ2) is 10.6. The van der Waals surface area contributed by atoms with Crippen LogP contribution in [0.3, 0.4) is 0 Å². The summed E-state index contributed by atoms with van der Waals surface area (Å²) < 4.78 is 27.4. The largest absolute Gasteiger partial charge is 0.507 e. The summed E-state index contributed by atoms with van der Waals surface area (Å²) in [5, 5.41) is 14.2. The number of amides is 1. The summed E-state index contributed by atoms with van der Waals surface area (Å²) in [6.07, 6.45) is 1.26. The van der Waals surface area contributed by atoms with Gasteiger partial charge in [-0.05, 0) is 42.0 Å². The first-order chi connectivity index (χ1) is 15.3. The Labute approximate surface area is 196 Å². The van der Waals surface area contributed by atoms with Gasteiger partial charge >= 0.3 is 0 Å². The highest BCUT2D eigenvalue weighted by atomic mass is 35.5. The average Bonchev–Trinajstić information content (AvgIpc) is 2.77. The molecule has 0 saturated heterocycles. The zero-order valence-electron chi connectivity index (χ0n) is 16.7. The Morgan fingerprint density at radius 2 is 1.72 bits per heavy atom. The summed E-state index contributed by atoms with van der Waals surface area (Å²) in [6.45, 7) is -0.655. The molecule has 3 rings (SSSR count). The van der Waals surface area contributed by atoms with Gasteiger partial charge in [0.15, 0.2) is 0 Å². The van der Waals surface area contributed by atoms with Crippen LogP contribution >= 0.6 is 23.2 Å². The van der Waals surface area contributed by atoms with E-state index in [0.29, 0.717) is 16.1 Å². The van der Waals surface area contributed by atoms with Crippen molar-refractivity contribution in [1.82, 2.24) is 9.73 Å². The minimum Gasteiger partial charge on any atom is -0.507 e. The predicted octanol–water partition coefficient (Wildman–Crippen LogP) is 4.04. The number of para-hydroxylation sites is 1. The fourth-order valence-electron chi connectivity index (χ4n) is 2.77. The molecule has 0 aliphatic rings. The van der Waals surface area contributed by atoms with Gasteiger partial charge in [0.2, 0.25) is 10.0 Å². The van der Waals surface area contributed by atoms with Gasteiger partial charge in [0.1, 0.15) is 5.75 Å². The molecule has 10 heteroatoms. The number of halogens is 2. The Morgan fingerprint density at radius 1 is 1.03 bits per heavy atom. The summed E-state index contributed by atoms with van der Waals surface area (Å²) in [7, 11) is -4.02. The first-order valence-corrected chi connectivity index (χ1v) is 11.6. The van der Waals surface area contributed by atoms with Gasteiger partial charge in [-0.2, -0.15) is 9.41 Å². The molecule has 0 fully saturated rings. The van der Waals surface area contributed by atoms with Crippen LogP contribution in [-0.2, 0) is 21.4 Å². The van der Waals surface area contributed by atoms with Gasteiger partial charge in [-0.25, -0.2) is 13.8 Å². The molecule has 1 amide bonds. The molecule has 0 aliphatic carbocycles. The number of rotatable bonds is 8. The second-order valence-corrected chi connectivity index (χ2v) is 9.46. The lowest BCUT2D eigenvalue weighted by molar-refractivity contribution is -0.121. The van der Waals surface area contributed by atoms with Crippen molar-refractivity contribution in [2.75, 3.05) is 6.54 Å². The molecule has 3 aromatic carbocycles. The van der Waals surface area contributed by atoms with E-state index in [-0.39, 0.29) is 22.2 Å². The second-order valence-electron chi connectivity index (χ2n) is 6.67. The molecule has 0 unspecified atom stereocenters. The van der Waals surface area contributed by atoms with E-state index in [4.69, 9.17) is 23.2 Å². The Balaban J connectivity index is 1.82. The first kappa shape index (κ1) is 23.7. The number of carbonyl (C=O) groups is 1. The number of hydrazone groups is 1. The quantitative estimate of drug-likeness (QED) is 0.366. The number of sulfonamides is 1. The number of phenols is 1. The lowest BCUT2D eigenvalue weighted by atomic mass is 10.2. The number of aromatic hydroxyl groups is 1. The van der Waals surface area contributed by atoms with Gasteiger partial charge in [-0.15, -0.1) is 0 Å². The number of benzene rings is 3. The first-order valence-electron chi connectivity index (χ1n) is 9.36. The molecule has 32 heavy (non-hydrogen) atoms. The van der Waals surface area contributed by atoms with Crippen LogP contribution in [0.1, 0.15) is 11.1 Å². The molecule has 0 radical (unpaired) electrons. The third-order valence-electron chi connectivity index (χ3n) is 4.39. The average molecular weight is 492 g/mol. The summed E-state index contributed by atoms with van der Waals surface area (Å²) in [5.74, 6) is -0.669. The molecule has 0 aromatic heterocycles. The molecule has 0 spiro atoms. The monoisotopic (exact) mass is 491 g/mol. The van der Waals surface area contributed by atoms with E-state index in [9.17, 15) is 18.3 Å². The summed E-state index contributed by atoms with van der Waals surface area (Å²) in [5.41, 5.74) is 3.17. The van der Waals surface area contributed by atoms with E-state index < -0.39 is 22.5 Å². The van der Waals surface area contributed by atoms with Crippen LogP contribution in [0, 0.1) is 0 Å². The van der Waals surface area contributed by atoms with E-state index in [1.54, 1.807) is 48.5 Å². The molecule has 166 valence electrons. The molecule has 0 atom stereocenters. The van der Waals surface area contributed by atoms with Crippen molar-refractivity contribution in [3.8, 4) is 5.75 Å². The van der Waals surface area contributed by atoms with Gasteiger partial charge in [0.05, 0.1) is 17.7 Å². The maximum Gasteiger partial charge on any atom is 0.255 e. The molecule has 3 aromatic rings. The molecular formula is C22H19Cl2N3O4S. The van der Waals surface area contributed by atoms with Gasteiger partial charge in [-0.3, -0.25) is 4.79 Å². The fraction of sp³-hybridized carbons (Fsp3) is 0.0909. The number of hydrogen-bond donors (Lipinski definition) is 2. The summed E-state index contributed by atoms with van der Waals surface area (Å²) in [6, 6.07) is 18.9. The van der Waals surface area contributed by atoms with Crippen molar-refractivity contribution < 1.29 is 18.3 Å². The van der Waals surface area contributed by atoms with Crippen LogP contribution in [0.25, 0.3) is 0 Å². The molecule has 0 saturated carbocycles. The van der Waals surface area contributed by atoms with Crippen molar-refractivity contribution in [3.05, 3.63) is 94.0 Å². The third kappa shape index (κ3) is 6.08. The van der Waals surface area contributed by atoms with Crippen LogP contribution in [-0.4, -0.2) is 36.5 Å². The Kier molecular flexibility index (Phi) is 7.87. The molecule has 0 aliphatic heterocycles. The lowest BCUT2D eigenvalue weighted by Gasteiger charge is -2.22. The van der Waals surface area contributed by atoms with Crippen molar-refractivity contribution in [2.24, 2.45) is 5.10 Å². The van der Waals surface area contributed by atoms with Crippen molar-refractivity contribution >= 4 is 45.3 Å². The normalized spacial score (nSPS) is 11.7. The predicted molar refractivity (Wildman–Crippen MR) is 124 cm³/mol. The highest BCUT2D eigenvalue weighted by molar-refractivity contribution is 7.89. The minimum atomic E-state index is -4.02. The molecule has 0 heterocycles. The highest BCUT2D eigenvalue weighted by Crippen LogP contribution is 2.25.